The third kappa shape index (κ3) is 5.30. The smallest absolute Gasteiger partial charge is 0.192 e. The molecule has 1 aromatic rings. The Morgan fingerprint density at radius 3 is 2.62 bits per heavy atom. The first-order valence-corrected chi connectivity index (χ1v) is 12.5. The molecule has 0 N–H and O–H groups in total. The lowest BCUT2D eigenvalue weighted by molar-refractivity contribution is 0.0668. The highest BCUT2D eigenvalue weighted by Crippen LogP contribution is 2.39. The zero-order valence-corrected chi connectivity index (χ0v) is 18.0. The minimum Gasteiger partial charge on any atom is -0.483 e. The number of allylic oxidation sites excluding steroid dienone is 2. The molecule has 0 fully saturated rings. The standard InChI is InChI=1S/C22H33FO2Si/c1-7-11-17-16-18(23)14-15-19(17)24-20-12-9-8-10-13-21(20)25-26(5,6)22(2,3)4/h7,9,11-12,14-16,20-21H,8,10,13H2,1-6H3/b11-7-/t20-,21+/m0/s1. The molecular weight excluding hydrogens is 343 g/mol. The molecule has 0 spiro atoms. The summed E-state index contributed by atoms with van der Waals surface area (Å²) in [6.45, 7) is 13.2. The van der Waals surface area contributed by atoms with E-state index in [9.17, 15) is 4.39 Å². The van der Waals surface area contributed by atoms with Crippen molar-refractivity contribution in [3.05, 3.63) is 47.8 Å². The summed E-state index contributed by atoms with van der Waals surface area (Å²) in [6.07, 6.45) is 11.1. The zero-order valence-electron chi connectivity index (χ0n) is 17.0. The molecule has 0 saturated carbocycles. The van der Waals surface area contributed by atoms with E-state index in [2.05, 4.69) is 46.0 Å². The van der Waals surface area contributed by atoms with Crippen LogP contribution >= 0.6 is 0 Å². The van der Waals surface area contributed by atoms with Crippen LogP contribution in [0, 0.1) is 5.82 Å². The van der Waals surface area contributed by atoms with E-state index in [1.165, 1.54) is 12.1 Å². The third-order valence-electron chi connectivity index (χ3n) is 5.38. The number of rotatable bonds is 5. The van der Waals surface area contributed by atoms with Gasteiger partial charge in [-0.15, -0.1) is 0 Å². The molecule has 4 heteroatoms. The van der Waals surface area contributed by atoms with Crippen molar-refractivity contribution in [3.63, 3.8) is 0 Å². The maximum atomic E-state index is 13.6. The largest absolute Gasteiger partial charge is 0.483 e. The second-order valence-corrected chi connectivity index (χ2v) is 13.3. The van der Waals surface area contributed by atoms with Gasteiger partial charge in [0.1, 0.15) is 17.7 Å². The first-order valence-electron chi connectivity index (χ1n) is 9.57. The van der Waals surface area contributed by atoms with Gasteiger partial charge in [-0.3, -0.25) is 0 Å². The van der Waals surface area contributed by atoms with Crippen LogP contribution in [0.15, 0.2) is 36.4 Å². The lowest BCUT2D eigenvalue weighted by atomic mass is 10.1. The number of halogens is 1. The van der Waals surface area contributed by atoms with E-state index in [1.807, 2.05) is 19.1 Å². The number of ether oxygens (including phenoxy) is 1. The highest BCUT2D eigenvalue weighted by Gasteiger charge is 2.41. The van der Waals surface area contributed by atoms with Crippen LogP contribution in [0.25, 0.3) is 6.08 Å². The van der Waals surface area contributed by atoms with Crippen LogP contribution < -0.4 is 4.74 Å². The van der Waals surface area contributed by atoms with Crippen molar-refractivity contribution in [1.29, 1.82) is 0 Å². The molecule has 0 heterocycles. The monoisotopic (exact) mass is 376 g/mol. The second kappa shape index (κ2) is 8.53. The summed E-state index contributed by atoms with van der Waals surface area (Å²) in [4.78, 5) is 0. The quantitative estimate of drug-likeness (QED) is 0.418. The summed E-state index contributed by atoms with van der Waals surface area (Å²) in [5.41, 5.74) is 0.760. The molecule has 1 aliphatic carbocycles. The Hall–Kier alpha value is -1.39. The first kappa shape index (κ1) is 20.9. The molecule has 0 radical (unpaired) electrons. The van der Waals surface area contributed by atoms with Crippen LogP contribution in [0.3, 0.4) is 0 Å². The molecule has 0 aromatic heterocycles. The molecule has 144 valence electrons. The van der Waals surface area contributed by atoms with Gasteiger partial charge in [-0.05, 0) is 68.6 Å². The van der Waals surface area contributed by atoms with E-state index in [4.69, 9.17) is 9.16 Å². The van der Waals surface area contributed by atoms with Crippen LogP contribution in [0.1, 0.15) is 52.5 Å². The minimum atomic E-state index is -1.90. The molecule has 2 atom stereocenters. The van der Waals surface area contributed by atoms with E-state index in [-0.39, 0.29) is 23.1 Å². The molecule has 0 unspecified atom stereocenters. The van der Waals surface area contributed by atoms with Gasteiger partial charge in [0, 0.05) is 5.56 Å². The molecule has 1 aromatic carbocycles. The Labute approximate surface area is 159 Å². The SMILES string of the molecule is C/C=C\c1cc(F)ccc1O[C@H]1C=CCCC[C@H]1O[Si](C)(C)C(C)(C)C. The van der Waals surface area contributed by atoms with Crippen molar-refractivity contribution < 1.29 is 13.6 Å². The highest BCUT2D eigenvalue weighted by atomic mass is 28.4. The molecular formula is C22H33FO2Si. The molecule has 0 amide bonds. The summed E-state index contributed by atoms with van der Waals surface area (Å²) in [5, 5.41) is 0.152. The lowest BCUT2D eigenvalue weighted by Crippen LogP contribution is -2.47. The van der Waals surface area contributed by atoms with Gasteiger partial charge in [0.2, 0.25) is 0 Å². The van der Waals surface area contributed by atoms with E-state index >= 15 is 0 Å². The average Bonchev–Trinajstić information content (AvgIpc) is 2.74. The molecule has 0 saturated heterocycles. The maximum Gasteiger partial charge on any atom is 0.192 e. The van der Waals surface area contributed by atoms with E-state index in [0.717, 1.165) is 24.8 Å². The minimum absolute atomic E-state index is 0.0261. The summed E-state index contributed by atoms with van der Waals surface area (Å²) >= 11 is 0. The van der Waals surface area contributed by atoms with Crippen LogP contribution in [0.2, 0.25) is 18.1 Å². The van der Waals surface area contributed by atoms with Gasteiger partial charge in [0.05, 0.1) is 6.10 Å². The molecule has 26 heavy (non-hydrogen) atoms. The fraction of sp³-hybridized carbons (Fsp3) is 0.545. The summed E-state index contributed by atoms with van der Waals surface area (Å²) in [7, 11) is -1.90. The van der Waals surface area contributed by atoms with Gasteiger partial charge in [0.15, 0.2) is 8.32 Å². The van der Waals surface area contributed by atoms with Crippen molar-refractivity contribution in [1.82, 2.24) is 0 Å². The van der Waals surface area contributed by atoms with Crippen LogP contribution in [-0.4, -0.2) is 20.5 Å². The van der Waals surface area contributed by atoms with Crippen molar-refractivity contribution in [2.75, 3.05) is 0 Å². The van der Waals surface area contributed by atoms with Crippen molar-refractivity contribution >= 4 is 14.4 Å². The topological polar surface area (TPSA) is 18.5 Å². The maximum absolute atomic E-state index is 13.6. The Morgan fingerprint density at radius 1 is 1.23 bits per heavy atom. The normalized spacial score (nSPS) is 21.8. The molecule has 0 bridgehead atoms. The summed E-state index contributed by atoms with van der Waals surface area (Å²) in [5.74, 6) is 0.445. The van der Waals surface area contributed by atoms with Gasteiger partial charge in [-0.25, -0.2) is 4.39 Å². The lowest BCUT2D eigenvalue weighted by Gasteiger charge is -2.40. The average molecular weight is 377 g/mol. The third-order valence-corrected chi connectivity index (χ3v) is 9.89. The van der Waals surface area contributed by atoms with Gasteiger partial charge in [0.25, 0.3) is 0 Å². The van der Waals surface area contributed by atoms with Crippen molar-refractivity contribution in [3.8, 4) is 5.75 Å². The number of benzene rings is 1. The van der Waals surface area contributed by atoms with Crippen molar-refractivity contribution in [2.24, 2.45) is 0 Å². The van der Waals surface area contributed by atoms with E-state index < -0.39 is 8.32 Å². The Balaban J connectivity index is 2.27. The van der Waals surface area contributed by atoms with Crippen molar-refractivity contribution in [2.45, 2.75) is 77.3 Å². The van der Waals surface area contributed by atoms with Gasteiger partial charge < -0.3 is 9.16 Å². The van der Waals surface area contributed by atoms with Crippen LogP contribution in [-0.2, 0) is 4.43 Å². The van der Waals surface area contributed by atoms with E-state index in [0.29, 0.717) is 5.75 Å². The van der Waals surface area contributed by atoms with Crippen LogP contribution in [0.4, 0.5) is 4.39 Å². The number of hydrogen-bond donors (Lipinski definition) is 0. The highest BCUT2D eigenvalue weighted by molar-refractivity contribution is 6.74. The summed E-state index contributed by atoms with van der Waals surface area (Å²) < 4.78 is 26.7. The van der Waals surface area contributed by atoms with Gasteiger partial charge in [-0.1, -0.05) is 39.0 Å². The molecule has 0 aliphatic heterocycles. The molecule has 2 nitrogen and oxygen atoms in total. The Morgan fingerprint density at radius 2 is 1.96 bits per heavy atom. The predicted octanol–water partition coefficient (Wildman–Crippen LogP) is 6.74. The van der Waals surface area contributed by atoms with Crippen LogP contribution in [0.5, 0.6) is 5.75 Å². The van der Waals surface area contributed by atoms with Gasteiger partial charge in [-0.2, -0.15) is 0 Å². The zero-order chi connectivity index (χ0) is 19.4. The molecule has 2 rings (SSSR count). The van der Waals surface area contributed by atoms with E-state index in [1.54, 1.807) is 6.07 Å². The Kier molecular flexibility index (Phi) is 6.86. The van der Waals surface area contributed by atoms with Gasteiger partial charge >= 0.3 is 0 Å². The summed E-state index contributed by atoms with van der Waals surface area (Å²) in [6, 6.07) is 4.68. The Bertz CT molecular complexity index is 659. The fourth-order valence-corrected chi connectivity index (χ4v) is 4.20. The molecule has 1 aliphatic rings. The first-order chi connectivity index (χ1) is 12.1. The second-order valence-electron chi connectivity index (χ2n) is 8.54. The fourth-order valence-electron chi connectivity index (χ4n) is 2.83. The predicted molar refractivity (Wildman–Crippen MR) is 111 cm³/mol. The number of hydrogen-bond acceptors (Lipinski definition) is 2.